The van der Waals surface area contributed by atoms with Gasteiger partial charge in [-0.1, -0.05) is 63.3 Å². The molecule has 0 saturated carbocycles. The molecule has 0 aliphatic heterocycles. The number of rotatable bonds is 3. The lowest BCUT2D eigenvalue weighted by Gasteiger charge is -2.42. The van der Waals surface area contributed by atoms with Crippen LogP contribution in [-0.2, 0) is 0 Å². The molecule has 1 nitrogen and oxygen atoms in total. The van der Waals surface area contributed by atoms with E-state index in [1.165, 1.54) is 6.42 Å². The van der Waals surface area contributed by atoms with Gasteiger partial charge in [0.15, 0.2) is 0 Å². The lowest BCUT2D eigenvalue weighted by atomic mass is 9.64. The topological polar surface area (TPSA) is 20.2 Å². The molecule has 0 unspecified atom stereocenters. The Kier molecular flexibility index (Phi) is 4.15. The van der Waals surface area contributed by atoms with Gasteiger partial charge >= 0.3 is 0 Å². The number of aliphatic hydroxyl groups is 1. The summed E-state index contributed by atoms with van der Waals surface area (Å²) in [4.78, 5) is 0. The van der Waals surface area contributed by atoms with Crippen LogP contribution in [0.15, 0.2) is 42.5 Å². The molecule has 0 saturated heterocycles. The van der Waals surface area contributed by atoms with Crippen LogP contribution in [0.3, 0.4) is 0 Å². The van der Waals surface area contributed by atoms with E-state index < -0.39 is 6.10 Å². The minimum Gasteiger partial charge on any atom is -0.388 e. The van der Waals surface area contributed by atoms with E-state index in [1.54, 1.807) is 0 Å². The van der Waals surface area contributed by atoms with Gasteiger partial charge in [-0.25, -0.2) is 0 Å². The van der Waals surface area contributed by atoms with Gasteiger partial charge in [-0.2, -0.15) is 0 Å². The zero-order chi connectivity index (χ0) is 13.9. The second kappa shape index (κ2) is 5.50. The summed E-state index contributed by atoms with van der Waals surface area (Å²) < 4.78 is 0. The molecule has 0 heterocycles. The molecule has 2 atom stereocenters. The minimum absolute atomic E-state index is 0.0994. The van der Waals surface area contributed by atoms with Crippen LogP contribution in [0.4, 0.5) is 0 Å². The second-order valence-electron chi connectivity index (χ2n) is 7.08. The zero-order valence-electron chi connectivity index (χ0n) is 12.4. The molecule has 1 heteroatoms. The van der Waals surface area contributed by atoms with Crippen molar-refractivity contribution in [3.05, 3.63) is 48.0 Å². The van der Waals surface area contributed by atoms with E-state index in [4.69, 9.17) is 0 Å². The first kappa shape index (κ1) is 14.3. The summed E-state index contributed by atoms with van der Waals surface area (Å²) in [6, 6.07) is 10.1. The fraction of sp³-hybridized carbons (Fsp3) is 0.556. The zero-order valence-corrected chi connectivity index (χ0v) is 12.4. The van der Waals surface area contributed by atoms with E-state index in [0.717, 1.165) is 24.8 Å². The smallest absolute Gasteiger partial charge is 0.0880 e. The van der Waals surface area contributed by atoms with Crippen molar-refractivity contribution >= 4 is 0 Å². The highest BCUT2D eigenvalue weighted by atomic mass is 16.3. The van der Waals surface area contributed by atoms with Crippen LogP contribution < -0.4 is 0 Å². The molecule has 19 heavy (non-hydrogen) atoms. The quantitative estimate of drug-likeness (QED) is 0.766. The Morgan fingerprint density at radius 1 is 1.21 bits per heavy atom. The van der Waals surface area contributed by atoms with E-state index in [2.05, 4.69) is 32.9 Å². The van der Waals surface area contributed by atoms with Crippen LogP contribution >= 0.6 is 0 Å². The molecule has 1 aliphatic rings. The molecule has 1 aliphatic carbocycles. The Labute approximate surface area is 117 Å². The van der Waals surface area contributed by atoms with E-state index in [1.807, 2.05) is 30.3 Å². The Morgan fingerprint density at radius 2 is 1.89 bits per heavy atom. The monoisotopic (exact) mass is 258 g/mol. The standard InChI is InChI=1S/C18H26O/c1-17(2,3)14-18(12-8-5-9-13-18)16(19)15-10-6-4-7-11-15/h4,6-8,10-12,16,19H,5,9,13-14H2,1-3H3/t16-,18+/m1/s1. The highest BCUT2D eigenvalue weighted by Gasteiger charge is 2.40. The second-order valence-corrected chi connectivity index (χ2v) is 7.08. The number of allylic oxidation sites excluding steroid dienone is 1. The first-order valence-electron chi connectivity index (χ1n) is 7.34. The molecular weight excluding hydrogens is 232 g/mol. The summed E-state index contributed by atoms with van der Waals surface area (Å²) in [6.45, 7) is 6.78. The van der Waals surface area contributed by atoms with Gasteiger partial charge in [0.1, 0.15) is 0 Å². The summed E-state index contributed by atoms with van der Waals surface area (Å²) >= 11 is 0. The Morgan fingerprint density at radius 3 is 2.42 bits per heavy atom. The molecule has 2 rings (SSSR count). The molecule has 0 fully saturated rings. The van der Waals surface area contributed by atoms with Crippen LogP contribution in [0.2, 0.25) is 0 Å². The third kappa shape index (κ3) is 3.48. The van der Waals surface area contributed by atoms with Crippen molar-refractivity contribution in [1.29, 1.82) is 0 Å². The fourth-order valence-electron chi connectivity index (χ4n) is 3.38. The van der Waals surface area contributed by atoms with Crippen molar-refractivity contribution in [2.24, 2.45) is 10.8 Å². The van der Waals surface area contributed by atoms with Gasteiger partial charge in [-0.15, -0.1) is 0 Å². The van der Waals surface area contributed by atoms with Crippen molar-refractivity contribution in [3.63, 3.8) is 0 Å². The average Bonchev–Trinajstić information content (AvgIpc) is 2.38. The predicted octanol–water partition coefficient (Wildman–Crippen LogP) is 4.88. The molecule has 104 valence electrons. The molecular formula is C18H26O. The molecule has 0 spiro atoms. The molecule has 0 bridgehead atoms. The van der Waals surface area contributed by atoms with Gasteiger partial charge in [0.05, 0.1) is 6.10 Å². The predicted molar refractivity (Wildman–Crippen MR) is 80.9 cm³/mol. The first-order valence-corrected chi connectivity index (χ1v) is 7.34. The van der Waals surface area contributed by atoms with Gasteiger partial charge in [0.25, 0.3) is 0 Å². The van der Waals surface area contributed by atoms with Crippen LogP contribution in [-0.4, -0.2) is 5.11 Å². The van der Waals surface area contributed by atoms with E-state index in [9.17, 15) is 5.11 Å². The van der Waals surface area contributed by atoms with Crippen molar-refractivity contribution in [2.45, 2.75) is 52.6 Å². The lowest BCUT2D eigenvalue weighted by Crippen LogP contribution is -2.33. The summed E-state index contributed by atoms with van der Waals surface area (Å²) in [5, 5.41) is 10.9. The number of benzene rings is 1. The fourth-order valence-corrected chi connectivity index (χ4v) is 3.38. The van der Waals surface area contributed by atoms with Gasteiger partial charge in [-0.05, 0) is 36.7 Å². The number of aliphatic hydroxyl groups excluding tert-OH is 1. The highest BCUT2D eigenvalue weighted by Crippen LogP contribution is 2.49. The van der Waals surface area contributed by atoms with Crippen molar-refractivity contribution in [1.82, 2.24) is 0 Å². The molecule has 0 aromatic heterocycles. The first-order chi connectivity index (χ1) is 8.93. The summed E-state index contributed by atoms with van der Waals surface area (Å²) in [5.74, 6) is 0. The molecule has 0 radical (unpaired) electrons. The maximum atomic E-state index is 10.9. The van der Waals surface area contributed by atoms with Crippen molar-refractivity contribution in [2.75, 3.05) is 0 Å². The summed E-state index contributed by atoms with van der Waals surface area (Å²) in [6.07, 6.45) is 8.55. The van der Waals surface area contributed by atoms with Crippen LogP contribution in [0, 0.1) is 10.8 Å². The maximum absolute atomic E-state index is 10.9. The van der Waals surface area contributed by atoms with E-state index >= 15 is 0 Å². The van der Waals surface area contributed by atoms with Gasteiger partial charge in [0, 0.05) is 5.41 Å². The van der Waals surface area contributed by atoms with E-state index in [0.29, 0.717) is 0 Å². The van der Waals surface area contributed by atoms with Crippen molar-refractivity contribution in [3.8, 4) is 0 Å². The maximum Gasteiger partial charge on any atom is 0.0880 e. The molecule has 1 aromatic rings. The Bertz CT molecular complexity index is 427. The third-order valence-corrected chi connectivity index (χ3v) is 3.98. The van der Waals surface area contributed by atoms with Gasteiger partial charge in [-0.3, -0.25) is 0 Å². The van der Waals surface area contributed by atoms with Crippen LogP contribution in [0.25, 0.3) is 0 Å². The largest absolute Gasteiger partial charge is 0.388 e. The number of hydrogen-bond acceptors (Lipinski definition) is 1. The van der Waals surface area contributed by atoms with E-state index in [-0.39, 0.29) is 10.8 Å². The van der Waals surface area contributed by atoms with Crippen LogP contribution in [0.1, 0.15) is 58.1 Å². The van der Waals surface area contributed by atoms with Crippen molar-refractivity contribution < 1.29 is 5.11 Å². The van der Waals surface area contributed by atoms with Gasteiger partial charge in [0.2, 0.25) is 0 Å². The Balaban J connectivity index is 2.32. The normalized spacial score (nSPS) is 25.3. The molecule has 0 amide bonds. The lowest BCUT2D eigenvalue weighted by molar-refractivity contribution is 0.0173. The Hall–Kier alpha value is -1.08. The minimum atomic E-state index is -0.399. The summed E-state index contributed by atoms with van der Waals surface area (Å²) in [5.41, 5.74) is 1.16. The van der Waals surface area contributed by atoms with Crippen LogP contribution in [0.5, 0.6) is 0 Å². The third-order valence-electron chi connectivity index (χ3n) is 3.98. The SMILES string of the molecule is CC(C)(C)C[C@]1([C@H](O)c2ccccc2)C=CCCC1. The highest BCUT2D eigenvalue weighted by molar-refractivity contribution is 5.23. The van der Waals surface area contributed by atoms with Gasteiger partial charge < -0.3 is 5.11 Å². The molecule has 1 aromatic carbocycles. The summed E-state index contributed by atoms with van der Waals surface area (Å²) in [7, 11) is 0. The average molecular weight is 258 g/mol. The number of hydrogen-bond donors (Lipinski definition) is 1. The molecule has 1 N–H and O–H groups in total.